The second-order valence-corrected chi connectivity index (χ2v) is 9.04. The van der Waals surface area contributed by atoms with Crippen LogP contribution < -0.4 is 14.8 Å². The number of likely N-dealkylation sites (tertiary alicyclic amines) is 1. The van der Waals surface area contributed by atoms with Crippen LogP contribution in [0.2, 0.25) is 0 Å². The molecule has 1 N–H and O–H groups in total. The quantitative estimate of drug-likeness (QED) is 0.418. The Balaban J connectivity index is 1.42. The summed E-state index contributed by atoms with van der Waals surface area (Å²) in [7, 11) is 3.17. The number of nitrogens with zero attached hydrogens (tertiary/aromatic N) is 2. The first-order chi connectivity index (χ1) is 17.9. The van der Waals surface area contributed by atoms with E-state index in [9.17, 15) is 9.59 Å². The SMILES string of the molecule is COc1ccc(CCOC(=O)[C@@H]2CCCN2C(=O)c2cccnc2Nc2cccc(C)c2C)cc1OC. The van der Waals surface area contributed by atoms with Gasteiger partial charge < -0.3 is 24.4 Å². The van der Waals surface area contributed by atoms with E-state index in [0.29, 0.717) is 42.3 Å². The number of pyridine rings is 1. The number of methoxy groups -OCH3 is 2. The van der Waals surface area contributed by atoms with Crippen LogP contribution in [0.4, 0.5) is 11.5 Å². The lowest BCUT2D eigenvalue weighted by atomic mass is 10.1. The Morgan fingerprint density at radius 2 is 1.86 bits per heavy atom. The average Bonchev–Trinajstić information content (AvgIpc) is 3.41. The Hall–Kier alpha value is -4.07. The van der Waals surface area contributed by atoms with Gasteiger partial charge in [0.1, 0.15) is 11.9 Å². The molecule has 1 fully saturated rings. The van der Waals surface area contributed by atoms with E-state index in [-0.39, 0.29) is 18.5 Å². The number of benzene rings is 2. The maximum atomic E-state index is 13.6. The van der Waals surface area contributed by atoms with Crippen LogP contribution >= 0.6 is 0 Å². The first-order valence-electron chi connectivity index (χ1n) is 12.4. The van der Waals surface area contributed by atoms with Gasteiger partial charge in [-0.25, -0.2) is 9.78 Å². The minimum absolute atomic E-state index is 0.208. The predicted octanol–water partition coefficient (Wildman–Crippen LogP) is 4.85. The monoisotopic (exact) mass is 503 g/mol. The number of aryl methyl sites for hydroxylation is 1. The molecule has 194 valence electrons. The lowest BCUT2D eigenvalue weighted by Crippen LogP contribution is -2.41. The first kappa shape index (κ1) is 26.0. The highest BCUT2D eigenvalue weighted by Gasteiger charge is 2.36. The number of aromatic nitrogens is 1. The molecule has 1 aliphatic rings. The van der Waals surface area contributed by atoms with E-state index in [1.54, 1.807) is 37.4 Å². The number of hydrogen-bond donors (Lipinski definition) is 1. The van der Waals surface area contributed by atoms with E-state index >= 15 is 0 Å². The summed E-state index contributed by atoms with van der Waals surface area (Å²) in [6.07, 6.45) is 3.48. The van der Waals surface area contributed by atoms with Crippen LogP contribution in [0.5, 0.6) is 11.5 Å². The van der Waals surface area contributed by atoms with Gasteiger partial charge in [0.15, 0.2) is 11.5 Å². The van der Waals surface area contributed by atoms with Crippen LogP contribution in [-0.4, -0.2) is 55.2 Å². The molecule has 0 aliphatic carbocycles. The molecular formula is C29H33N3O5. The molecule has 1 aromatic heterocycles. The molecule has 2 heterocycles. The van der Waals surface area contributed by atoms with Gasteiger partial charge >= 0.3 is 5.97 Å². The predicted molar refractivity (Wildman–Crippen MR) is 142 cm³/mol. The van der Waals surface area contributed by atoms with Crippen LogP contribution in [0.1, 0.15) is 39.9 Å². The van der Waals surface area contributed by atoms with E-state index in [0.717, 1.165) is 28.8 Å². The van der Waals surface area contributed by atoms with E-state index < -0.39 is 6.04 Å². The molecular weight excluding hydrogens is 470 g/mol. The van der Waals surface area contributed by atoms with E-state index in [2.05, 4.69) is 10.3 Å². The Bertz CT molecular complexity index is 1280. The van der Waals surface area contributed by atoms with Gasteiger partial charge in [0, 0.05) is 24.8 Å². The number of ether oxygens (including phenoxy) is 3. The molecule has 1 saturated heterocycles. The fourth-order valence-electron chi connectivity index (χ4n) is 4.50. The van der Waals surface area contributed by atoms with Crippen molar-refractivity contribution in [1.82, 2.24) is 9.88 Å². The molecule has 3 aromatic rings. The highest BCUT2D eigenvalue weighted by atomic mass is 16.5. The lowest BCUT2D eigenvalue weighted by molar-refractivity contribution is -0.148. The number of hydrogen-bond acceptors (Lipinski definition) is 7. The highest BCUT2D eigenvalue weighted by molar-refractivity contribution is 6.01. The maximum absolute atomic E-state index is 13.6. The van der Waals surface area contributed by atoms with Crippen molar-refractivity contribution in [2.45, 2.75) is 39.2 Å². The second-order valence-electron chi connectivity index (χ2n) is 9.04. The molecule has 0 radical (unpaired) electrons. The molecule has 8 nitrogen and oxygen atoms in total. The van der Waals surface area contributed by atoms with Crippen LogP contribution in [0.3, 0.4) is 0 Å². The van der Waals surface area contributed by atoms with Crippen molar-refractivity contribution < 1.29 is 23.8 Å². The van der Waals surface area contributed by atoms with E-state index in [1.165, 1.54) is 0 Å². The zero-order valence-corrected chi connectivity index (χ0v) is 21.7. The van der Waals surface area contributed by atoms with Crippen molar-refractivity contribution in [3.8, 4) is 11.5 Å². The molecule has 8 heteroatoms. The molecule has 1 aliphatic heterocycles. The van der Waals surface area contributed by atoms with Crippen LogP contribution in [0, 0.1) is 13.8 Å². The largest absolute Gasteiger partial charge is 0.493 e. The maximum Gasteiger partial charge on any atom is 0.328 e. The van der Waals surface area contributed by atoms with Crippen LogP contribution in [-0.2, 0) is 16.0 Å². The Morgan fingerprint density at radius 3 is 2.65 bits per heavy atom. The summed E-state index contributed by atoms with van der Waals surface area (Å²) in [6, 6.07) is 14.4. The Morgan fingerprint density at radius 1 is 1.05 bits per heavy atom. The normalized spacial score (nSPS) is 14.8. The number of amides is 1. The number of anilines is 2. The molecule has 1 amide bonds. The van der Waals surface area contributed by atoms with Gasteiger partial charge in [0.05, 0.1) is 26.4 Å². The number of rotatable bonds is 9. The van der Waals surface area contributed by atoms with Crippen LogP contribution in [0.15, 0.2) is 54.7 Å². The number of carbonyl (C=O) groups is 2. The molecule has 37 heavy (non-hydrogen) atoms. The molecule has 4 rings (SSSR count). The van der Waals surface area contributed by atoms with Crippen LogP contribution in [0.25, 0.3) is 0 Å². The zero-order valence-electron chi connectivity index (χ0n) is 21.7. The summed E-state index contributed by atoms with van der Waals surface area (Å²) in [5.74, 6) is 1.11. The van der Waals surface area contributed by atoms with Crippen molar-refractivity contribution in [2.24, 2.45) is 0 Å². The van der Waals surface area contributed by atoms with Gasteiger partial charge in [0.25, 0.3) is 5.91 Å². The molecule has 1 atom stereocenters. The number of esters is 1. The average molecular weight is 504 g/mol. The Labute approximate surface area is 217 Å². The van der Waals surface area contributed by atoms with Crippen molar-refractivity contribution >= 4 is 23.4 Å². The third kappa shape index (κ3) is 5.85. The zero-order chi connectivity index (χ0) is 26.4. The third-order valence-electron chi connectivity index (χ3n) is 6.76. The standard InChI is InChI=1S/C29H33N3O5/c1-19-8-5-10-23(20(19)2)31-27-22(9-6-15-30-27)28(33)32-16-7-11-24(32)29(34)37-17-14-21-12-13-25(35-3)26(18-21)36-4/h5-6,8-10,12-13,15,18,24H,7,11,14,16-17H2,1-4H3,(H,30,31)/t24-/m0/s1. The fourth-order valence-corrected chi connectivity index (χ4v) is 4.50. The van der Waals surface area contributed by atoms with Gasteiger partial charge in [0.2, 0.25) is 0 Å². The van der Waals surface area contributed by atoms with E-state index in [1.807, 2.05) is 50.2 Å². The summed E-state index contributed by atoms with van der Waals surface area (Å²) >= 11 is 0. The fraction of sp³-hybridized carbons (Fsp3) is 0.345. The lowest BCUT2D eigenvalue weighted by Gasteiger charge is -2.24. The van der Waals surface area contributed by atoms with Crippen molar-refractivity contribution in [3.05, 3.63) is 77.0 Å². The Kier molecular flexibility index (Phi) is 8.28. The summed E-state index contributed by atoms with van der Waals surface area (Å²) in [4.78, 5) is 32.6. The molecule has 0 unspecified atom stereocenters. The van der Waals surface area contributed by atoms with Gasteiger partial charge in [-0.3, -0.25) is 4.79 Å². The second kappa shape index (κ2) is 11.8. The number of nitrogens with one attached hydrogen (secondary N) is 1. The van der Waals surface area contributed by atoms with Gasteiger partial charge in [-0.05, 0) is 73.7 Å². The smallest absolute Gasteiger partial charge is 0.328 e. The summed E-state index contributed by atoms with van der Waals surface area (Å²) < 4.78 is 16.2. The molecule has 0 saturated carbocycles. The van der Waals surface area contributed by atoms with Crippen molar-refractivity contribution in [1.29, 1.82) is 0 Å². The van der Waals surface area contributed by atoms with E-state index in [4.69, 9.17) is 14.2 Å². The summed E-state index contributed by atoms with van der Waals surface area (Å²) in [5, 5.41) is 3.31. The molecule has 2 aromatic carbocycles. The highest BCUT2D eigenvalue weighted by Crippen LogP contribution is 2.29. The third-order valence-corrected chi connectivity index (χ3v) is 6.76. The molecule has 0 bridgehead atoms. The minimum Gasteiger partial charge on any atom is -0.493 e. The summed E-state index contributed by atoms with van der Waals surface area (Å²) in [5.41, 5.74) is 4.50. The first-order valence-corrected chi connectivity index (χ1v) is 12.4. The van der Waals surface area contributed by atoms with Gasteiger partial charge in [-0.2, -0.15) is 0 Å². The van der Waals surface area contributed by atoms with Gasteiger partial charge in [-0.15, -0.1) is 0 Å². The topological polar surface area (TPSA) is 90.0 Å². The molecule has 0 spiro atoms. The minimum atomic E-state index is -0.619. The van der Waals surface area contributed by atoms with Crippen molar-refractivity contribution in [2.75, 3.05) is 32.7 Å². The summed E-state index contributed by atoms with van der Waals surface area (Å²) in [6.45, 7) is 4.76. The van der Waals surface area contributed by atoms with Crippen molar-refractivity contribution in [3.63, 3.8) is 0 Å². The van der Waals surface area contributed by atoms with Gasteiger partial charge in [-0.1, -0.05) is 18.2 Å². The number of carbonyl (C=O) groups excluding carboxylic acids is 2.